The summed E-state index contributed by atoms with van der Waals surface area (Å²) in [5.74, 6) is 0.426. The highest BCUT2D eigenvalue weighted by Gasteiger charge is 2.11. The van der Waals surface area contributed by atoms with Gasteiger partial charge in [0.25, 0.3) is 0 Å². The summed E-state index contributed by atoms with van der Waals surface area (Å²) in [6, 6.07) is 0. The van der Waals surface area contributed by atoms with Gasteiger partial charge in [-0.2, -0.15) is 0 Å². The first-order chi connectivity index (χ1) is 7.36. The summed E-state index contributed by atoms with van der Waals surface area (Å²) in [5.41, 5.74) is 0.668. The second-order valence-electron chi connectivity index (χ2n) is 3.61. The van der Waals surface area contributed by atoms with Crippen LogP contribution in [-0.4, -0.2) is 5.97 Å². The van der Waals surface area contributed by atoms with E-state index in [0.29, 0.717) is 11.3 Å². The predicted molar refractivity (Wildman–Crippen MR) is 59.0 cm³/mol. The van der Waals surface area contributed by atoms with Gasteiger partial charge in [0.1, 0.15) is 5.76 Å². The molecule has 0 N–H and O–H groups in total. The molecule has 0 aromatic heterocycles. The third kappa shape index (κ3) is 2.69. The van der Waals surface area contributed by atoms with E-state index in [2.05, 4.69) is 0 Å². The van der Waals surface area contributed by atoms with Crippen LogP contribution in [0.1, 0.15) is 25.7 Å². The van der Waals surface area contributed by atoms with Crippen molar-refractivity contribution in [1.82, 2.24) is 0 Å². The maximum absolute atomic E-state index is 11.6. The zero-order valence-electron chi connectivity index (χ0n) is 8.61. The van der Waals surface area contributed by atoms with Gasteiger partial charge in [-0.05, 0) is 37.8 Å². The highest BCUT2D eigenvalue weighted by atomic mass is 16.5. The molecule has 2 aliphatic rings. The van der Waals surface area contributed by atoms with Gasteiger partial charge in [0.15, 0.2) is 0 Å². The summed E-state index contributed by atoms with van der Waals surface area (Å²) in [7, 11) is 0. The first-order valence-corrected chi connectivity index (χ1v) is 5.32. The maximum atomic E-state index is 11.6. The van der Waals surface area contributed by atoms with Crippen LogP contribution >= 0.6 is 0 Å². The number of carbonyl (C=O) groups is 1. The van der Waals surface area contributed by atoms with Crippen LogP contribution in [0.3, 0.4) is 0 Å². The third-order valence-electron chi connectivity index (χ3n) is 2.40. The van der Waals surface area contributed by atoms with Gasteiger partial charge in [-0.3, -0.25) is 0 Å². The van der Waals surface area contributed by atoms with E-state index >= 15 is 0 Å². The Labute approximate surface area is 89.6 Å². The fraction of sp³-hybridized carbons (Fsp3) is 0.308. The molecule has 0 radical (unpaired) electrons. The van der Waals surface area contributed by atoms with Gasteiger partial charge in [-0.15, -0.1) is 0 Å². The molecule has 2 nitrogen and oxygen atoms in total. The molecule has 0 saturated heterocycles. The number of hydrogen-bond acceptors (Lipinski definition) is 2. The number of rotatable bonds is 2. The fourth-order valence-electron chi connectivity index (χ4n) is 1.60. The third-order valence-corrected chi connectivity index (χ3v) is 2.40. The summed E-state index contributed by atoms with van der Waals surface area (Å²) in [4.78, 5) is 11.6. The Morgan fingerprint density at radius 3 is 2.33 bits per heavy atom. The molecule has 0 aliphatic heterocycles. The van der Waals surface area contributed by atoms with Crippen LogP contribution in [0.25, 0.3) is 0 Å². The van der Waals surface area contributed by atoms with Crippen molar-refractivity contribution in [3.63, 3.8) is 0 Å². The van der Waals surface area contributed by atoms with Crippen LogP contribution in [0.5, 0.6) is 0 Å². The summed E-state index contributed by atoms with van der Waals surface area (Å²) < 4.78 is 5.25. The lowest BCUT2D eigenvalue weighted by Crippen LogP contribution is -2.07. The lowest BCUT2D eigenvalue weighted by atomic mass is 10.1. The summed E-state index contributed by atoms with van der Waals surface area (Å²) in [5, 5.41) is 0. The Morgan fingerprint density at radius 2 is 1.73 bits per heavy atom. The molecule has 0 fully saturated rings. The molecule has 0 aromatic rings. The van der Waals surface area contributed by atoms with Gasteiger partial charge in [-0.25, -0.2) is 4.79 Å². The van der Waals surface area contributed by atoms with Crippen molar-refractivity contribution in [1.29, 1.82) is 0 Å². The minimum Gasteiger partial charge on any atom is -0.423 e. The largest absolute Gasteiger partial charge is 0.423 e. The van der Waals surface area contributed by atoms with E-state index in [1.807, 2.05) is 36.5 Å². The highest BCUT2D eigenvalue weighted by molar-refractivity contribution is 5.92. The van der Waals surface area contributed by atoms with E-state index in [-0.39, 0.29) is 5.97 Å². The molecule has 0 unspecified atom stereocenters. The van der Waals surface area contributed by atoms with Crippen LogP contribution in [0.4, 0.5) is 0 Å². The normalized spacial score (nSPS) is 19.5. The van der Waals surface area contributed by atoms with Crippen molar-refractivity contribution < 1.29 is 9.53 Å². The van der Waals surface area contributed by atoms with Crippen molar-refractivity contribution in [2.45, 2.75) is 25.7 Å². The lowest BCUT2D eigenvalue weighted by molar-refractivity contribution is -0.134. The smallest absolute Gasteiger partial charge is 0.343 e. The van der Waals surface area contributed by atoms with E-state index in [1.165, 1.54) is 0 Å². The van der Waals surface area contributed by atoms with Crippen molar-refractivity contribution >= 4 is 5.97 Å². The van der Waals surface area contributed by atoms with E-state index in [9.17, 15) is 4.79 Å². The van der Waals surface area contributed by atoms with Gasteiger partial charge in [-0.1, -0.05) is 24.3 Å². The molecule has 0 heterocycles. The average molecular weight is 202 g/mol. The van der Waals surface area contributed by atoms with Gasteiger partial charge in [0.05, 0.1) is 5.57 Å². The minimum atomic E-state index is -0.247. The van der Waals surface area contributed by atoms with Crippen LogP contribution < -0.4 is 0 Å². The molecule has 2 rings (SSSR count). The molecule has 0 amide bonds. The van der Waals surface area contributed by atoms with E-state index in [1.54, 1.807) is 0 Å². The van der Waals surface area contributed by atoms with E-state index < -0.39 is 0 Å². The van der Waals surface area contributed by atoms with Crippen LogP contribution in [-0.2, 0) is 9.53 Å². The summed E-state index contributed by atoms with van der Waals surface area (Å²) >= 11 is 0. The SMILES string of the molecule is O=C(OC1=CCCC=C1)C1=CCCC=C1. The van der Waals surface area contributed by atoms with Gasteiger partial charge < -0.3 is 4.74 Å². The molecular formula is C13H14O2. The first-order valence-electron chi connectivity index (χ1n) is 5.32. The topological polar surface area (TPSA) is 26.3 Å². The Kier molecular flexibility index (Phi) is 3.18. The standard InChI is InChI=1S/C13H14O2/c14-13(11-7-3-1-4-8-11)15-12-9-5-2-6-10-12/h3,5,7-10H,1-2,4,6H2. The zero-order chi connectivity index (χ0) is 10.5. The van der Waals surface area contributed by atoms with Crippen molar-refractivity contribution in [2.24, 2.45) is 0 Å². The van der Waals surface area contributed by atoms with Crippen LogP contribution in [0.2, 0.25) is 0 Å². The Bertz CT molecular complexity index is 370. The minimum absolute atomic E-state index is 0.247. The summed E-state index contributed by atoms with van der Waals surface area (Å²) in [6.07, 6.45) is 15.5. The van der Waals surface area contributed by atoms with Crippen LogP contribution in [0.15, 0.2) is 47.8 Å². The van der Waals surface area contributed by atoms with Crippen molar-refractivity contribution in [3.8, 4) is 0 Å². The molecule has 0 aromatic carbocycles. The number of hydrogen-bond donors (Lipinski definition) is 0. The Morgan fingerprint density at radius 1 is 1.00 bits per heavy atom. The summed E-state index contributed by atoms with van der Waals surface area (Å²) in [6.45, 7) is 0. The van der Waals surface area contributed by atoms with Crippen molar-refractivity contribution in [2.75, 3.05) is 0 Å². The number of esters is 1. The van der Waals surface area contributed by atoms with Gasteiger partial charge in [0.2, 0.25) is 0 Å². The fourth-order valence-corrected chi connectivity index (χ4v) is 1.60. The lowest BCUT2D eigenvalue weighted by Gasteiger charge is -2.09. The maximum Gasteiger partial charge on any atom is 0.343 e. The molecule has 2 heteroatoms. The monoisotopic (exact) mass is 202 g/mol. The first kappa shape index (κ1) is 9.97. The second kappa shape index (κ2) is 4.78. The second-order valence-corrected chi connectivity index (χ2v) is 3.61. The van der Waals surface area contributed by atoms with Gasteiger partial charge >= 0.3 is 5.97 Å². The molecule has 78 valence electrons. The molecule has 0 bridgehead atoms. The quantitative estimate of drug-likeness (QED) is 0.643. The predicted octanol–water partition coefficient (Wildman–Crippen LogP) is 3.04. The molecular weight excluding hydrogens is 188 g/mol. The van der Waals surface area contributed by atoms with E-state index in [0.717, 1.165) is 25.7 Å². The molecule has 0 atom stereocenters. The van der Waals surface area contributed by atoms with E-state index in [4.69, 9.17) is 4.74 Å². The van der Waals surface area contributed by atoms with Gasteiger partial charge in [0, 0.05) is 0 Å². The average Bonchev–Trinajstić information content (AvgIpc) is 2.31. The Balaban J connectivity index is 1.97. The zero-order valence-corrected chi connectivity index (χ0v) is 8.61. The number of carbonyl (C=O) groups excluding carboxylic acids is 1. The highest BCUT2D eigenvalue weighted by Crippen LogP contribution is 2.16. The molecule has 15 heavy (non-hydrogen) atoms. The molecule has 2 aliphatic carbocycles. The Hall–Kier alpha value is -1.57. The number of allylic oxidation sites excluding steroid dienone is 5. The van der Waals surface area contributed by atoms with Crippen molar-refractivity contribution in [3.05, 3.63) is 47.8 Å². The molecule has 0 saturated carbocycles. The van der Waals surface area contributed by atoms with Crippen LogP contribution in [0, 0.1) is 0 Å². The molecule has 0 spiro atoms. The number of ether oxygens (including phenoxy) is 1.